The van der Waals surface area contributed by atoms with Crippen molar-refractivity contribution in [3.8, 4) is 0 Å². The minimum Gasteiger partial charge on any atom is -0.458 e. The highest BCUT2D eigenvalue weighted by Crippen LogP contribution is 2.34. The summed E-state index contributed by atoms with van der Waals surface area (Å²) in [5, 5.41) is 8.31. The first-order chi connectivity index (χ1) is 21.4. The third-order valence-corrected chi connectivity index (χ3v) is 8.87. The molecular formula is C34H49N5O7. The first-order valence-electron chi connectivity index (χ1n) is 16.3. The summed E-state index contributed by atoms with van der Waals surface area (Å²) in [7, 11) is 0. The topological polar surface area (TPSA) is 177 Å². The Hall–Kier alpha value is -3.96. The van der Waals surface area contributed by atoms with E-state index in [1.54, 1.807) is 20.8 Å². The molecule has 4 unspecified atom stereocenters. The van der Waals surface area contributed by atoms with Gasteiger partial charge in [-0.2, -0.15) is 0 Å². The number of urea groups is 1. The second-order valence-corrected chi connectivity index (χ2v) is 15.0. The molecule has 2 aliphatic carbocycles. The van der Waals surface area contributed by atoms with Crippen LogP contribution in [0.4, 0.5) is 4.79 Å². The first kappa shape index (κ1) is 34.9. The minimum atomic E-state index is -1.11. The van der Waals surface area contributed by atoms with Crippen molar-refractivity contribution >= 4 is 35.5 Å². The fraction of sp³-hybridized carbons (Fsp3) is 0.647. The number of carbonyl (C=O) groups is 6. The zero-order valence-corrected chi connectivity index (χ0v) is 27.8. The van der Waals surface area contributed by atoms with Gasteiger partial charge in [0.05, 0.1) is 6.04 Å². The molecule has 0 bridgehead atoms. The van der Waals surface area contributed by atoms with Gasteiger partial charge in [-0.1, -0.05) is 57.9 Å². The SMILES string of the molecule is CC(C)(C)OC(=O)C(NC(=O)NC(C(=O)N1CCCC1C(=O)NC(CC1CC1)C(=O)C(N)=O)C1Cc2ccccc2C1)C(C)(C)C. The summed E-state index contributed by atoms with van der Waals surface area (Å²) >= 11 is 0. The Morgan fingerprint density at radius 2 is 1.52 bits per heavy atom. The highest BCUT2D eigenvalue weighted by molar-refractivity contribution is 6.37. The smallest absolute Gasteiger partial charge is 0.329 e. The fourth-order valence-electron chi connectivity index (χ4n) is 6.35. The molecule has 2 fully saturated rings. The Morgan fingerprint density at radius 3 is 2.04 bits per heavy atom. The van der Waals surface area contributed by atoms with Crippen LogP contribution in [0.25, 0.3) is 0 Å². The van der Waals surface area contributed by atoms with Crippen LogP contribution in [0.3, 0.4) is 0 Å². The molecule has 46 heavy (non-hydrogen) atoms. The van der Waals surface area contributed by atoms with Gasteiger partial charge in [0.2, 0.25) is 17.6 Å². The van der Waals surface area contributed by atoms with Gasteiger partial charge < -0.3 is 31.3 Å². The standard InChI is InChI=1S/C34H49N5O7/c1-33(2,3)27(31(44)46-34(4,5)6)38-32(45)37-25(22-17-20-10-7-8-11-21(20)18-22)30(43)39-15-9-12-24(39)29(42)36-23(16-19-13-14-19)26(40)28(35)41/h7-8,10-11,19,22-25,27H,9,12-18H2,1-6H3,(H2,35,41)(H,36,42)(H2,37,38,45). The molecule has 0 radical (unpaired) electrons. The lowest BCUT2D eigenvalue weighted by molar-refractivity contribution is -0.160. The molecule has 4 atom stereocenters. The summed E-state index contributed by atoms with van der Waals surface area (Å²) in [6, 6.07) is 3.23. The summed E-state index contributed by atoms with van der Waals surface area (Å²) < 4.78 is 5.58. The van der Waals surface area contributed by atoms with E-state index in [0.717, 1.165) is 24.0 Å². The van der Waals surface area contributed by atoms with Crippen LogP contribution < -0.4 is 21.7 Å². The molecule has 0 aromatic heterocycles. The van der Waals surface area contributed by atoms with E-state index < -0.39 is 70.7 Å². The van der Waals surface area contributed by atoms with Crippen LogP contribution in [0.1, 0.15) is 84.8 Å². The number of ether oxygens (including phenoxy) is 1. The predicted octanol–water partition coefficient (Wildman–Crippen LogP) is 2.16. The molecule has 5 amide bonds. The number of benzene rings is 1. The van der Waals surface area contributed by atoms with Crippen LogP contribution in [0, 0.1) is 17.3 Å². The molecule has 3 aliphatic rings. The van der Waals surface area contributed by atoms with E-state index in [2.05, 4.69) is 16.0 Å². The van der Waals surface area contributed by atoms with Crippen molar-refractivity contribution in [3.05, 3.63) is 35.4 Å². The van der Waals surface area contributed by atoms with Gasteiger partial charge in [0.1, 0.15) is 23.7 Å². The van der Waals surface area contributed by atoms with Crippen LogP contribution in [0.15, 0.2) is 24.3 Å². The molecule has 1 aromatic carbocycles. The number of rotatable bonds is 11. The lowest BCUT2D eigenvalue weighted by Crippen LogP contribution is -2.61. The maximum Gasteiger partial charge on any atom is 0.329 e. The maximum atomic E-state index is 14.3. The van der Waals surface area contributed by atoms with Crippen molar-refractivity contribution in [3.63, 3.8) is 0 Å². The minimum absolute atomic E-state index is 0.239. The van der Waals surface area contributed by atoms with Gasteiger partial charge in [0.15, 0.2) is 0 Å². The van der Waals surface area contributed by atoms with Crippen LogP contribution in [-0.4, -0.2) is 76.7 Å². The van der Waals surface area contributed by atoms with Gasteiger partial charge in [0.25, 0.3) is 5.91 Å². The number of primary amides is 1. The van der Waals surface area contributed by atoms with Crippen LogP contribution in [-0.2, 0) is 41.6 Å². The number of hydrogen-bond acceptors (Lipinski definition) is 7. The van der Waals surface area contributed by atoms with Gasteiger partial charge in [-0.15, -0.1) is 0 Å². The van der Waals surface area contributed by atoms with E-state index in [-0.39, 0.29) is 18.4 Å². The number of hydrogen-bond donors (Lipinski definition) is 4. The Balaban J connectivity index is 1.55. The van der Waals surface area contributed by atoms with Crippen molar-refractivity contribution < 1.29 is 33.5 Å². The van der Waals surface area contributed by atoms with Gasteiger partial charge in [-0.05, 0) is 81.3 Å². The summed E-state index contributed by atoms with van der Waals surface area (Å²) in [6.45, 7) is 11.0. The number of amides is 5. The molecule has 1 aliphatic heterocycles. The Bertz CT molecular complexity index is 1340. The van der Waals surface area contributed by atoms with E-state index in [4.69, 9.17) is 10.5 Å². The van der Waals surface area contributed by atoms with Crippen LogP contribution in [0.2, 0.25) is 0 Å². The molecule has 1 heterocycles. The number of esters is 1. The second kappa shape index (κ2) is 13.8. The summed E-state index contributed by atoms with van der Waals surface area (Å²) in [5.41, 5.74) is 5.96. The number of fused-ring (bicyclic) bond motifs is 1. The number of nitrogens with zero attached hydrogens (tertiary/aromatic N) is 1. The van der Waals surface area contributed by atoms with Crippen molar-refractivity contribution in [2.45, 2.75) is 116 Å². The van der Waals surface area contributed by atoms with Crippen LogP contribution >= 0.6 is 0 Å². The maximum absolute atomic E-state index is 14.3. The number of ketones is 1. The average molecular weight is 640 g/mol. The van der Waals surface area contributed by atoms with E-state index in [9.17, 15) is 28.8 Å². The van der Waals surface area contributed by atoms with Gasteiger partial charge in [-0.3, -0.25) is 19.2 Å². The van der Waals surface area contributed by atoms with Gasteiger partial charge in [-0.25, -0.2) is 9.59 Å². The molecule has 0 spiro atoms. The highest BCUT2D eigenvalue weighted by Gasteiger charge is 2.44. The van der Waals surface area contributed by atoms with Crippen molar-refractivity contribution in [2.24, 2.45) is 23.0 Å². The number of Topliss-reactive ketones (excluding diaryl/α,β-unsaturated/α-hetero) is 1. The summed E-state index contributed by atoms with van der Waals surface area (Å²) in [6.07, 6.45) is 4.16. The molecule has 12 nitrogen and oxygen atoms in total. The van der Waals surface area contributed by atoms with Gasteiger partial charge in [0, 0.05) is 6.54 Å². The molecule has 12 heteroatoms. The number of nitrogens with one attached hydrogen (secondary N) is 3. The normalized spacial score (nSPS) is 20.2. The Morgan fingerprint density at radius 1 is 0.913 bits per heavy atom. The van der Waals surface area contributed by atoms with Gasteiger partial charge >= 0.3 is 12.0 Å². The Kier molecular flexibility index (Phi) is 10.5. The number of nitrogens with two attached hydrogens (primary N) is 1. The molecule has 1 saturated carbocycles. The van der Waals surface area contributed by atoms with E-state index >= 15 is 0 Å². The monoisotopic (exact) mass is 639 g/mol. The predicted molar refractivity (Wildman–Crippen MR) is 170 cm³/mol. The van der Waals surface area contributed by atoms with Crippen molar-refractivity contribution in [2.75, 3.05) is 6.54 Å². The van der Waals surface area contributed by atoms with E-state index in [0.29, 0.717) is 32.1 Å². The number of carbonyl (C=O) groups excluding carboxylic acids is 6. The first-order valence-corrected chi connectivity index (χ1v) is 16.3. The zero-order chi connectivity index (χ0) is 34.0. The quantitative estimate of drug-likeness (QED) is 0.212. The third-order valence-electron chi connectivity index (χ3n) is 8.87. The van der Waals surface area contributed by atoms with E-state index in [1.807, 2.05) is 45.0 Å². The third kappa shape index (κ3) is 8.85. The molecule has 252 valence electrons. The van der Waals surface area contributed by atoms with Crippen LogP contribution in [0.5, 0.6) is 0 Å². The highest BCUT2D eigenvalue weighted by atomic mass is 16.6. The average Bonchev–Trinajstić information content (AvgIpc) is 3.45. The second-order valence-electron chi connectivity index (χ2n) is 15.0. The molecule has 1 saturated heterocycles. The summed E-state index contributed by atoms with van der Waals surface area (Å²) in [4.78, 5) is 80.2. The molecular weight excluding hydrogens is 590 g/mol. The van der Waals surface area contributed by atoms with Crippen molar-refractivity contribution in [1.82, 2.24) is 20.9 Å². The molecule has 1 aromatic rings. The fourth-order valence-corrected chi connectivity index (χ4v) is 6.35. The lowest BCUT2D eigenvalue weighted by atomic mass is 9.86. The summed E-state index contributed by atoms with van der Waals surface area (Å²) in [5.74, 6) is -3.56. The lowest BCUT2D eigenvalue weighted by Gasteiger charge is -2.34. The number of likely N-dealkylation sites (tertiary alicyclic amines) is 1. The van der Waals surface area contributed by atoms with Crippen molar-refractivity contribution in [1.29, 1.82) is 0 Å². The zero-order valence-electron chi connectivity index (χ0n) is 27.8. The molecule has 4 rings (SSSR count). The Labute approximate surface area is 270 Å². The largest absolute Gasteiger partial charge is 0.458 e. The molecule has 5 N–H and O–H groups in total. The van der Waals surface area contributed by atoms with E-state index in [1.165, 1.54) is 4.90 Å².